The summed E-state index contributed by atoms with van der Waals surface area (Å²) in [6.45, 7) is 6.99. The van der Waals surface area contributed by atoms with Crippen LogP contribution in [0.2, 0.25) is 5.02 Å². The van der Waals surface area contributed by atoms with Crippen molar-refractivity contribution in [3.8, 4) is 0 Å². The second-order valence-corrected chi connectivity index (χ2v) is 8.84. The third-order valence-corrected chi connectivity index (χ3v) is 6.64. The van der Waals surface area contributed by atoms with Gasteiger partial charge in [0.15, 0.2) is 0 Å². The molecule has 4 rings (SSSR count). The largest absolute Gasteiger partial charge is 0.400 e. The number of fused-ring (bicyclic) bond motifs is 1. The molecule has 4 N–H and O–H groups in total. The molecule has 2 unspecified atom stereocenters. The first-order valence-corrected chi connectivity index (χ1v) is 11.9. The zero-order chi connectivity index (χ0) is 23.8. The predicted octanol–water partition coefficient (Wildman–Crippen LogP) is 1.77. The van der Waals surface area contributed by atoms with Gasteiger partial charge in [0.05, 0.1) is 5.92 Å². The van der Waals surface area contributed by atoms with Crippen LogP contribution in [0, 0.1) is 0 Å². The minimum absolute atomic E-state index is 0.146. The lowest BCUT2D eigenvalue weighted by Gasteiger charge is -2.38. The molecule has 1 aromatic heterocycles. The molecule has 0 spiro atoms. The first-order chi connectivity index (χ1) is 16.1. The number of aliphatic hydroxyl groups is 1. The smallest absolute Gasteiger partial charge is 0.231 e. The number of piperazine rings is 1. The maximum absolute atomic E-state index is 13.4. The third-order valence-electron chi connectivity index (χ3n) is 6.38. The van der Waals surface area contributed by atoms with E-state index >= 15 is 0 Å². The molecule has 0 bridgehead atoms. The zero-order valence-corrected chi connectivity index (χ0v) is 20.3. The Hall–Kier alpha value is -2.26. The molecule has 1 aliphatic carbocycles. The van der Waals surface area contributed by atoms with Gasteiger partial charge in [0.1, 0.15) is 12.1 Å². The average molecular weight is 475 g/mol. The van der Waals surface area contributed by atoms with E-state index in [4.69, 9.17) is 22.4 Å². The van der Waals surface area contributed by atoms with Gasteiger partial charge in [-0.1, -0.05) is 30.7 Å². The second kappa shape index (κ2) is 12.3. The van der Waals surface area contributed by atoms with Gasteiger partial charge in [0, 0.05) is 69.2 Å². The number of benzene rings is 1. The van der Waals surface area contributed by atoms with Crippen molar-refractivity contribution in [2.75, 3.05) is 57.8 Å². The van der Waals surface area contributed by atoms with Crippen molar-refractivity contribution in [1.82, 2.24) is 20.2 Å². The molecule has 33 heavy (non-hydrogen) atoms. The Bertz CT molecular complexity index is 902. The molecular weight excluding hydrogens is 440 g/mol. The Kier molecular flexibility index (Phi) is 9.43. The Morgan fingerprint density at radius 3 is 2.58 bits per heavy atom. The maximum Gasteiger partial charge on any atom is 0.231 e. The van der Waals surface area contributed by atoms with Gasteiger partial charge in [-0.2, -0.15) is 0 Å². The molecule has 1 aliphatic heterocycles. The van der Waals surface area contributed by atoms with Gasteiger partial charge in [-0.15, -0.1) is 0 Å². The van der Waals surface area contributed by atoms with Crippen LogP contribution in [-0.2, 0) is 11.2 Å². The predicted molar refractivity (Wildman–Crippen MR) is 132 cm³/mol. The van der Waals surface area contributed by atoms with E-state index in [1.165, 1.54) is 11.3 Å². The van der Waals surface area contributed by atoms with E-state index in [0.717, 1.165) is 44.4 Å². The molecule has 1 fully saturated rings. The highest BCUT2D eigenvalue weighted by Gasteiger charge is 2.31. The van der Waals surface area contributed by atoms with Crippen LogP contribution in [0.1, 0.15) is 42.0 Å². The van der Waals surface area contributed by atoms with Crippen molar-refractivity contribution in [2.24, 2.45) is 5.73 Å². The van der Waals surface area contributed by atoms with Crippen molar-refractivity contribution in [2.45, 2.75) is 31.6 Å². The van der Waals surface area contributed by atoms with Gasteiger partial charge in [-0.3, -0.25) is 4.79 Å². The summed E-state index contributed by atoms with van der Waals surface area (Å²) in [6, 6.07) is 7.57. The van der Waals surface area contributed by atoms with Crippen molar-refractivity contribution in [3.63, 3.8) is 0 Å². The number of hydrogen-bond acceptors (Lipinski definition) is 7. The molecule has 180 valence electrons. The molecule has 2 heterocycles. The van der Waals surface area contributed by atoms with Gasteiger partial charge in [0.25, 0.3) is 0 Å². The molecule has 1 amide bonds. The number of halogens is 1. The van der Waals surface area contributed by atoms with E-state index < -0.39 is 0 Å². The second-order valence-electron chi connectivity index (χ2n) is 8.41. The van der Waals surface area contributed by atoms with E-state index in [0.29, 0.717) is 43.7 Å². The van der Waals surface area contributed by atoms with Gasteiger partial charge in [0.2, 0.25) is 5.91 Å². The number of aryl methyl sites for hydroxylation is 1. The monoisotopic (exact) mass is 474 g/mol. The van der Waals surface area contributed by atoms with Crippen LogP contribution in [0.4, 0.5) is 5.82 Å². The number of aromatic nitrogens is 2. The van der Waals surface area contributed by atoms with Crippen LogP contribution in [0.5, 0.6) is 0 Å². The number of hydrogen-bond donors (Lipinski definition) is 3. The number of nitrogens with two attached hydrogens (primary N) is 1. The highest BCUT2D eigenvalue weighted by Crippen LogP contribution is 2.37. The molecule has 9 heteroatoms. The topological polar surface area (TPSA) is 108 Å². The average Bonchev–Trinajstić information content (AvgIpc) is 3.25. The molecular formula is C24H35ClN6O2. The van der Waals surface area contributed by atoms with E-state index in [9.17, 15) is 4.79 Å². The number of anilines is 1. The van der Waals surface area contributed by atoms with Crippen LogP contribution in [0.3, 0.4) is 0 Å². The Morgan fingerprint density at radius 2 is 1.91 bits per heavy atom. The first-order valence-electron chi connectivity index (χ1n) is 11.6. The summed E-state index contributed by atoms with van der Waals surface area (Å²) in [4.78, 5) is 26.8. The molecule has 8 nitrogen and oxygen atoms in total. The standard InChI is InChI=1S/C23H31ClN6O.CH4O/c1-16-2-7-20-21(16)22(28-15-27-20)29-10-12-30(13-11-29)23(31)19(14-26-9-8-25)17-3-5-18(24)6-4-17;1-2/h3-6,15-16,19,26H,2,7-14,25H2,1H3;2H,1H3. The molecule has 1 saturated heterocycles. The molecule has 0 radical (unpaired) electrons. The molecule has 2 aromatic rings. The normalized spacial score (nSPS) is 18.4. The number of aliphatic hydroxyl groups excluding tert-OH is 1. The summed E-state index contributed by atoms with van der Waals surface area (Å²) >= 11 is 6.05. The van der Waals surface area contributed by atoms with Crippen LogP contribution >= 0.6 is 11.6 Å². The highest BCUT2D eigenvalue weighted by molar-refractivity contribution is 6.30. The number of nitrogens with zero attached hydrogens (tertiary/aromatic N) is 4. The van der Waals surface area contributed by atoms with Crippen molar-refractivity contribution in [1.29, 1.82) is 0 Å². The Morgan fingerprint density at radius 1 is 1.21 bits per heavy atom. The van der Waals surface area contributed by atoms with Crippen LogP contribution in [0.15, 0.2) is 30.6 Å². The van der Waals surface area contributed by atoms with E-state index in [1.54, 1.807) is 6.33 Å². The summed E-state index contributed by atoms with van der Waals surface area (Å²) in [5, 5.41) is 11.0. The molecule has 2 aliphatic rings. The molecule has 2 atom stereocenters. The maximum atomic E-state index is 13.4. The van der Waals surface area contributed by atoms with Crippen LogP contribution in [0.25, 0.3) is 0 Å². The lowest BCUT2D eigenvalue weighted by Crippen LogP contribution is -2.51. The third kappa shape index (κ3) is 6.00. The SMILES string of the molecule is CC1CCc2ncnc(N3CCN(C(=O)C(CNCCN)c4ccc(Cl)cc4)CC3)c21.CO. The highest BCUT2D eigenvalue weighted by atomic mass is 35.5. The fourth-order valence-corrected chi connectivity index (χ4v) is 4.75. The summed E-state index contributed by atoms with van der Waals surface area (Å²) in [5.74, 6) is 1.45. The van der Waals surface area contributed by atoms with Crippen molar-refractivity contribution in [3.05, 3.63) is 52.4 Å². The first kappa shape index (κ1) is 25.4. The summed E-state index contributed by atoms with van der Waals surface area (Å²) in [7, 11) is 1.00. The minimum atomic E-state index is -0.251. The zero-order valence-electron chi connectivity index (χ0n) is 19.5. The van der Waals surface area contributed by atoms with Crippen molar-refractivity contribution >= 4 is 23.3 Å². The molecule has 0 saturated carbocycles. The van der Waals surface area contributed by atoms with Crippen LogP contribution < -0.4 is 16.0 Å². The number of amides is 1. The lowest BCUT2D eigenvalue weighted by atomic mass is 9.97. The number of rotatable bonds is 7. The quantitative estimate of drug-likeness (QED) is 0.525. The van der Waals surface area contributed by atoms with Gasteiger partial charge in [-0.05, 0) is 36.5 Å². The van der Waals surface area contributed by atoms with Crippen LogP contribution in [-0.4, -0.2) is 78.8 Å². The Balaban J connectivity index is 0.00000149. The Labute approximate surface area is 201 Å². The van der Waals surface area contributed by atoms with E-state index in [-0.39, 0.29) is 11.8 Å². The van der Waals surface area contributed by atoms with E-state index in [1.807, 2.05) is 29.2 Å². The number of carbonyl (C=O) groups is 1. The van der Waals surface area contributed by atoms with Gasteiger partial charge < -0.3 is 26.0 Å². The van der Waals surface area contributed by atoms with Gasteiger partial charge >= 0.3 is 0 Å². The minimum Gasteiger partial charge on any atom is -0.400 e. The summed E-state index contributed by atoms with van der Waals surface area (Å²) in [6.07, 6.45) is 3.85. The summed E-state index contributed by atoms with van der Waals surface area (Å²) in [5.41, 5.74) is 9.08. The number of nitrogens with one attached hydrogen (secondary N) is 1. The van der Waals surface area contributed by atoms with Crippen molar-refractivity contribution < 1.29 is 9.90 Å². The lowest BCUT2D eigenvalue weighted by molar-refractivity contribution is -0.133. The number of carbonyl (C=O) groups excluding carboxylic acids is 1. The summed E-state index contributed by atoms with van der Waals surface area (Å²) < 4.78 is 0. The van der Waals surface area contributed by atoms with Gasteiger partial charge in [-0.25, -0.2) is 9.97 Å². The van der Waals surface area contributed by atoms with E-state index in [2.05, 4.69) is 27.1 Å². The molecule has 1 aromatic carbocycles. The fraction of sp³-hybridized carbons (Fsp3) is 0.542. The fourth-order valence-electron chi connectivity index (χ4n) is 4.63.